The minimum Gasteiger partial charge on any atom is -0.247 e. The Morgan fingerprint density at radius 2 is 1.02 bits per heavy atom. The van der Waals surface area contributed by atoms with Crippen molar-refractivity contribution in [2.75, 3.05) is 0 Å². The molecule has 9 aromatic rings. The second-order valence-corrected chi connectivity index (χ2v) is 12.3. The summed E-state index contributed by atoms with van der Waals surface area (Å²) in [5.41, 5.74) is 7.89. The highest BCUT2D eigenvalue weighted by Gasteiger charge is 2.18. The number of hydrogen-bond acceptors (Lipinski definition) is 4. The van der Waals surface area contributed by atoms with Gasteiger partial charge in [0.15, 0.2) is 5.82 Å². The Morgan fingerprint density at radius 3 is 1.84 bits per heavy atom. The predicted octanol–water partition coefficient (Wildman–Crippen LogP) is 11.2. The molecule has 0 N–H and O–H groups in total. The van der Waals surface area contributed by atoms with E-state index in [1.807, 2.05) is 47.7 Å². The molecule has 0 saturated heterocycles. The molecular formula is C41H25N3S. The second kappa shape index (κ2) is 10.5. The van der Waals surface area contributed by atoms with Crippen molar-refractivity contribution >= 4 is 53.2 Å². The van der Waals surface area contributed by atoms with E-state index in [2.05, 4.69) is 115 Å². The van der Waals surface area contributed by atoms with Crippen molar-refractivity contribution in [1.82, 2.24) is 15.0 Å². The summed E-state index contributed by atoms with van der Waals surface area (Å²) >= 11 is 1.85. The molecule has 0 atom stereocenters. The van der Waals surface area contributed by atoms with Crippen LogP contribution in [-0.2, 0) is 0 Å². The van der Waals surface area contributed by atoms with Gasteiger partial charge >= 0.3 is 0 Å². The molecule has 0 aliphatic rings. The smallest absolute Gasteiger partial charge is 0.160 e. The lowest BCUT2D eigenvalue weighted by Gasteiger charge is -2.13. The first-order valence-electron chi connectivity index (χ1n) is 15.0. The zero-order valence-corrected chi connectivity index (χ0v) is 25.0. The third-order valence-corrected chi connectivity index (χ3v) is 9.67. The van der Waals surface area contributed by atoms with Gasteiger partial charge in [0.2, 0.25) is 0 Å². The maximum atomic E-state index is 5.33. The number of hydrogen-bond donors (Lipinski definition) is 0. The lowest BCUT2D eigenvalue weighted by atomic mass is 9.96. The van der Waals surface area contributed by atoms with Crippen LogP contribution < -0.4 is 0 Å². The molecule has 3 nitrogen and oxygen atoms in total. The van der Waals surface area contributed by atoms with Gasteiger partial charge in [-0.05, 0) is 29.7 Å². The first-order valence-corrected chi connectivity index (χ1v) is 15.9. The molecule has 45 heavy (non-hydrogen) atoms. The normalized spacial score (nSPS) is 11.6. The monoisotopic (exact) mass is 591 g/mol. The maximum Gasteiger partial charge on any atom is 0.160 e. The lowest BCUT2D eigenvalue weighted by molar-refractivity contribution is 1.18. The fourth-order valence-corrected chi connectivity index (χ4v) is 7.58. The fourth-order valence-electron chi connectivity index (χ4n) is 6.33. The van der Waals surface area contributed by atoms with E-state index < -0.39 is 0 Å². The Kier molecular flexibility index (Phi) is 6.00. The molecular weight excluding hydrogens is 567 g/mol. The molecule has 0 saturated carbocycles. The Labute approximate surface area is 264 Å². The summed E-state index contributed by atoms with van der Waals surface area (Å²) < 4.78 is 2.56. The molecule has 6 aromatic carbocycles. The number of benzene rings is 6. The third-order valence-electron chi connectivity index (χ3n) is 8.47. The molecule has 0 radical (unpaired) electrons. The summed E-state index contributed by atoms with van der Waals surface area (Å²) in [5.74, 6) is 0.707. The maximum absolute atomic E-state index is 5.33. The largest absolute Gasteiger partial charge is 0.247 e. The molecule has 3 aromatic heterocycles. The van der Waals surface area contributed by atoms with E-state index in [4.69, 9.17) is 15.0 Å². The molecule has 0 unspecified atom stereocenters. The van der Waals surface area contributed by atoms with Crippen LogP contribution in [-0.4, -0.2) is 15.0 Å². The lowest BCUT2D eigenvalue weighted by Crippen LogP contribution is -1.96. The van der Waals surface area contributed by atoms with E-state index in [0.717, 1.165) is 44.9 Å². The van der Waals surface area contributed by atoms with Crippen molar-refractivity contribution in [1.29, 1.82) is 0 Å². The second-order valence-electron chi connectivity index (χ2n) is 11.2. The molecule has 9 rings (SSSR count). The molecule has 3 heterocycles. The highest BCUT2D eigenvalue weighted by Crippen LogP contribution is 2.44. The van der Waals surface area contributed by atoms with Crippen LogP contribution in [0.15, 0.2) is 152 Å². The quantitative estimate of drug-likeness (QED) is 0.191. The van der Waals surface area contributed by atoms with Crippen LogP contribution in [0.5, 0.6) is 0 Å². The Morgan fingerprint density at radius 1 is 0.400 bits per heavy atom. The zero-order chi connectivity index (χ0) is 29.7. The summed E-state index contributed by atoms with van der Waals surface area (Å²) in [5, 5.41) is 6.15. The van der Waals surface area contributed by atoms with Crippen molar-refractivity contribution in [2.24, 2.45) is 0 Å². The van der Waals surface area contributed by atoms with Gasteiger partial charge in [-0.3, -0.25) is 0 Å². The van der Waals surface area contributed by atoms with Crippen molar-refractivity contribution in [3.05, 3.63) is 152 Å². The zero-order valence-electron chi connectivity index (χ0n) is 24.2. The van der Waals surface area contributed by atoms with Crippen molar-refractivity contribution < 1.29 is 0 Å². The summed E-state index contributed by atoms with van der Waals surface area (Å²) in [6, 6.07) is 52.9. The van der Waals surface area contributed by atoms with E-state index in [-0.39, 0.29) is 0 Å². The van der Waals surface area contributed by atoms with Gasteiger partial charge in [-0.25, -0.2) is 15.0 Å². The molecule has 0 bridgehead atoms. The van der Waals surface area contributed by atoms with E-state index >= 15 is 0 Å². The van der Waals surface area contributed by atoms with Gasteiger partial charge < -0.3 is 0 Å². The van der Waals surface area contributed by atoms with Crippen LogP contribution in [0, 0.1) is 0 Å². The average molecular weight is 592 g/mol. The van der Waals surface area contributed by atoms with Gasteiger partial charge in [0.25, 0.3) is 0 Å². The SMILES string of the molecule is c1ccc(-c2cc(-c3cccc(-c4nc5ccccc5c5ccc6c7ccccc7sc6c45)c3)nc(-c3ccccc3)n2)cc1. The average Bonchev–Trinajstić information content (AvgIpc) is 3.51. The molecule has 0 spiro atoms. The topological polar surface area (TPSA) is 38.7 Å². The van der Waals surface area contributed by atoms with Crippen molar-refractivity contribution in [3.8, 4) is 45.2 Å². The number of rotatable bonds is 4. The Hall–Kier alpha value is -5.71. The Balaban J connectivity index is 1.30. The minimum absolute atomic E-state index is 0.707. The van der Waals surface area contributed by atoms with Gasteiger partial charge in [0.1, 0.15) is 0 Å². The number of pyridine rings is 1. The minimum atomic E-state index is 0.707. The van der Waals surface area contributed by atoms with E-state index in [1.54, 1.807) is 0 Å². The van der Waals surface area contributed by atoms with Crippen LogP contribution in [0.2, 0.25) is 0 Å². The summed E-state index contributed by atoms with van der Waals surface area (Å²) in [6.45, 7) is 0. The third kappa shape index (κ3) is 4.38. The van der Waals surface area contributed by atoms with Crippen molar-refractivity contribution in [2.45, 2.75) is 0 Å². The van der Waals surface area contributed by atoms with Crippen LogP contribution in [0.3, 0.4) is 0 Å². The highest BCUT2D eigenvalue weighted by atomic mass is 32.1. The summed E-state index contributed by atoms with van der Waals surface area (Å²) in [7, 11) is 0. The van der Waals surface area contributed by atoms with E-state index in [1.165, 1.54) is 36.3 Å². The Bertz CT molecular complexity index is 2480. The number of fused-ring (bicyclic) bond motifs is 7. The molecule has 0 aliphatic heterocycles. The van der Waals surface area contributed by atoms with Gasteiger partial charge in [0.05, 0.1) is 22.6 Å². The molecule has 0 aliphatic carbocycles. The first kappa shape index (κ1) is 25.8. The standard InChI is InChI=1S/C41H25N3S/c1-3-12-26(13-4-1)35-25-36(44-41(43-35)27-14-5-2-6-15-27)28-16-11-17-29(24-28)39-38-32(30-18-7-9-20-34(30)42-39)22-23-33-31-19-8-10-21-37(31)45-40(33)38/h1-25H. The van der Waals surface area contributed by atoms with E-state index in [9.17, 15) is 0 Å². The van der Waals surface area contributed by atoms with E-state index in [0.29, 0.717) is 5.82 Å². The number of thiophene rings is 1. The highest BCUT2D eigenvalue weighted by molar-refractivity contribution is 7.26. The van der Waals surface area contributed by atoms with Gasteiger partial charge in [0, 0.05) is 53.2 Å². The number of nitrogens with zero attached hydrogens (tertiary/aromatic N) is 3. The summed E-state index contributed by atoms with van der Waals surface area (Å²) in [4.78, 5) is 15.4. The number of para-hydroxylation sites is 1. The molecule has 4 heteroatoms. The summed E-state index contributed by atoms with van der Waals surface area (Å²) in [6.07, 6.45) is 0. The van der Waals surface area contributed by atoms with Crippen molar-refractivity contribution in [3.63, 3.8) is 0 Å². The molecule has 0 fully saturated rings. The van der Waals surface area contributed by atoms with Crippen LogP contribution in [0.4, 0.5) is 0 Å². The number of aromatic nitrogens is 3. The van der Waals surface area contributed by atoms with Gasteiger partial charge in [-0.1, -0.05) is 127 Å². The predicted molar refractivity (Wildman–Crippen MR) is 189 cm³/mol. The van der Waals surface area contributed by atoms with Gasteiger partial charge in [-0.15, -0.1) is 11.3 Å². The first-order chi connectivity index (χ1) is 22.3. The molecule has 210 valence electrons. The van der Waals surface area contributed by atoms with Crippen LogP contribution >= 0.6 is 11.3 Å². The van der Waals surface area contributed by atoms with Gasteiger partial charge in [-0.2, -0.15) is 0 Å². The van der Waals surface area contributed by atoms with Crippen LogP contribution in [0.1, 0.15) is 0 Å². The molecule has 0 amide bonds. The fraction of sp³-hybridized carbons (Fsp3) is 0. The van der Waals surface area contributed by atoms with Crippen LogP contribution in [0.25, 0.3) is 87.0 Å².